The summed E-state index contributed by atoms with van der Waals surface area (Å²) in [6.45, 7) is 0. The van der Waals surface area contributed by atoms with Crippen LogP contribution in [0.2, 0.25) is 5.02 Å². The van der Waals surface area contributed by atoms with E-state index < -0.39 is 0 Å². The van der Waals surface area contributed by atoms with Gasteiger partial charge in [-0.3, -0.25) is 9.78 Å². The minimum atomic E-state index is -0.345. The Labute approximate surface area is 134 Å². The van der Waals surface area contributed by atoms with Crippen LogP contribution in [0.1, 0.15) is 16.1 Å². The van der Waals surface area contributed by atoms with Crippen molar-refractivity contribution in [1.29, 1.82) is 0 Å². The maximum absolute atomic E-state index is 12.1. The molecule has 0 spiro atoms. The Morgan fingerprint density at radius 3 is 2.70 bits per heavy atom. The zero-order valence-electron chi connectivity index (χ0n) is 10.1. The Balaban J connectivity index is 2.20. The SMILES string of the molecule is NC(=S)c1ccc(C(=O)Nc2cccc(Cl)c2Br)nc1. The lowest BCUT2D eigenvalue weighted by molar-refractivity contribution is 0.102. The normalized spacial score (nSPS) is 10.1. The molecule has 3 N–H and O–H groups in total. The van der Waals surface area contributed by atoms with Gasteiger partial charge in [0.15, 0.2) is 0 Å². The maximum atomic E-state index is 12.1. The summed E-state index contributed by atoms with van der Waals surface area (Å²) >= 11 is 14.1. The number of hydrogen-bond acceptors (Lipinski definition) is 3. The number of rotatable bonds is 3. The van der Waals surface area contributed by atoms with Crippen LogP contribution in [-0.2, 0) is 0 Å². The minimum Gasteiger partial charge on any atom is -0.389 e. The van der Waals surface area contributed by atoms with E-state index >= 15 is 0 Å². The monoisotopic (exact) mass is 369 g/mol. The average molecular weight is 371 g/mol. The number of halogens is 2. The fourth-order valence-electron chi connectivity index (χ4n) is 1.46. The summed E-state index contributed by atoms with van der Waals surface area (Å²) in [4.78, 5) is 16.3. The number of nitrogens with one attached hydrogen (secondary N) is 1. The molecular formula is C13H9BrClN3OS. The van der Waals surface area contributed by atoms with Gasteiger partial charge in [0, 0.05) is 11.8 Å². The fraction of sp³-hybridized carbons (Fsp3) is 0. The zero-order valence-corrected chi connectivity index (χ0v) is 13.2. The number of carbonyl (C=O) groups is 1. The highest BCUT2D eigenvalue weighted by Gasteiger charge is 2.11. The highest BCUT2D eigenvalue weighted by atomic mass is 79.9. The quantitative estimate of drug-likeness (QED) is 0.813. The number of thiocarbonyl (C=S) groups is 1. The van der Waals surface area contributed by atoms with E-state index in [1.165, 1.54) is 6.20 Å². The molecule has 1 heterocycles. The Kier molecular flexibility index (Phi) is 4.69. The first-order valence-electron chi connectivity index (χ1n) is 5.50. The summed E-state index contributed by atoms with van der Waals surface area (Å²) in [6.07, 6.45) is 1.46. The molecule has 0 saturated carbocycles. The third-order valence-electron chi connectivity index (χ3n) is 2.48. The van der Waals surface area contributed by atoms with E-state index in [4.69, 9.17) is 29.6 Å². The molecule has 0 aliphatic heterocycles. The molecule has 0 bridgehead atoms. The summed E-state index contributed by atoms with van der Waals surface area (Å²) < 4.78 is 0.620. The third kappa shape index (κ3) is 3.33. The molecule has 20 heavy (non-hydrogen) atoms. The Bertz CT molecular complexity index is 676. The van der Waals surface area contributed by atoms with Crippen LogP contribution in [0.3, 0.4) is 0 Å². The first-order valence-corrected chi connectivity index (χ1v) is 7.08. The second-order valence-corrected chi connectivity index (χ2v) is 5.49. The predicted molar refractivity (Wildman–Crippen MR) is 87.2 cm³/mol. The number of hydrogen-bond donors (Lipinski definition) is 2. The van der Waals surface area contributed by atoms with Crippen molar-refractivity contribution in [3.05, 3.63) is 57.3 Å². The van der Waals surface area contributed by atoms with Crippen LogP contribution in [0.5, 0.6) is 0 Å². The van der Waals surface area contributed by atoms with Crippen molar-refractivity contribution in [3.63, 3.8) is 0 Å². The molecule has 1 aromatic carbocycles. The Morgan fingerprint density at radius 2 is 2.10 bits per heavy atom. The van der Waals surface area contributed by atoms with E-state index in [2.05, 4.69) is 26.2 Å². The number of benzene rings is 1. The molecule has 7 heteroatoms. The van der Waals surface area contributed by atoms with Crippen molar-refractivity contribution in [2.75, 3.05) is 5.32 Å². The molecule has 102 valence electrons. The van der Waals surface area contributed by atoms with E-state index in [0.717, 1.165) is 0 Å². The van der Waals surface area contributed by atoms with Crippen LogP contribution >= 0.6 is 39.7 Å². The van der Waals surface area contributed by atoms with Gasteiger partial charge in [-0.2, -0.15) is 0 Å². The number of anilines is 1. The first-order chi connectivity index (χ1) is 9.49. The van der Waals surface area contributed by atoms with Crippen molar-refractivity contribution >= 4 is 56.3 Å². The minimum absolute atomic E-state index is 0.238. The third-order valence-corrected chi connectivity index (χ3v) is 4.11. The molecule has 1 amide bonds. The van der Waals surface area contributed by atoms with Crippen molar-refractivity contribution in [2.24, 2.45) is 5.73 Å². The number of nitrogens with zero attached hydrogens (tertiary/aromatic N) is 1. The van der Waals surface area contributed by atoms with Gasteiger partial charge in [-0.15, -0.1) is 0 Å². The molecule has 4 nitrogen and oxygen atoms in total. The second-order valence-electron chi connectivity index (χ2n) is 3.85. The molecule has 0 aliphatic carbocycles. The van der Waals surface area contributed by atoms with E-state index in [0.29, 0.717) is 20.7 Å². The number of carbonyl (C=O) groups excluding carboxylic acids is 1. The molecule has 2 aromatic rings. The van der Waals surface area contributed by atoms with E-state index in [1.54, 1.807) is 30.3 Å². The van der Waals surface area contributed by atoms with Crippen molar-refractivity contribution in [3.8, 4) is 0 Å². The van der Waals surface area contributed by atoms with Gasteiger partial charge in [-0.25, -0.2) is 0 Å². The lowest BCUT2D eigenvalue weighted by Crippen LogP contribution is -2.15. The van der Waals surface area contributed by atoms with Gasteiger partial charge in [-0.05, 0) is 40.2 Å². The topological polar surface area (TPSA) is 68.0 Å². The van der Waals surface area contributed by atoms with Crippen molar-refractivity contribution in [1.82, 2.24) is 4.98 Å². The number of nitrogens with two attached hydrogens (primary N) is 1. The second kappa shape index (κ2) is 6.30. The van der Waals surface area contributed by atoms with E-state index in [-0.39, 0.29) is 16.6 Å². The van der Waals surface area contributed by atoms with Crippen LogP contribution < -0.4 is 11.1 Å². The number of amides is 1. The van der Waals surface area contributed by atoms with E-state index in [9.17, 15) is 4.79 Å². The maximum Gasteiger partial charge on any atom is 0.274 e. The summed E-state index contributed by atoms with van der Waals surface area (Å²) in [5.41, 5.74) is 6.91. The van der Waals surface area contributed by atoms with Crippen LogP contribution in [0.25, 0.3) is 0 Å². The molecule has 1 aromatic heterocycles. The average Bonchev–Trinajstić information content (AvgIpc) is 2.44. The van der Waals surface area contributed by atoms with Gasteiger partial charge < -0.3 is 11.1 Å². The summed E-state index contributed by atoms with van der Waals surface area (Å²) in [5, 5.41) is 3.23. The highest BCUT2D eigenvalue weighted by Crippen LogP contribution is 2.30. The van der Waals surface area contributed by atoms with Gasteiger partial charge in [0.1, 0.15) is 10.7 Å². The lowest BCUT2D eigenvalue weighted by Gasteiger charge is -2.08. The largest absolute Gasteiger partial charge is 0.389 e. The standard InChI is InChI=1S/C13H9BrClN3OS/c14-11-8(15)2-1-3-9(11)18-13(19)10-5-4-7(6-17-10)12(16)20/h1-6H,(H2,16,20)(H,18,19). The van der Waals surface area contributed by atoms with Crippen LogP contribution in [0.15, 0.2) is 41.0 Å². The van der Waals surface area contributed by atoms with Crippen LogP contribution in [0, 0.1) is 0 Å². The summed E-state index contributed by atoms with van der Waals surface area (Å²) in [5.74, 6) is -0.345. The molecular weight excluding hydrogens is 362 g/mol. The molecule has 0 saturated heterocycles. The zero-order chi connectivity index (χ0) is 14.7. The summed E-state index contributed by atoms with van der Waals surface area (Å²) in [6, 6.07) is 8.40. The van der Waals surface area contributed by atoms with Crippen molar-refractivity contribution < 1.29 is 4.79 Å². The molecule has 0 radical (unpaired) electrons. The Morgan fingerprint density at radius 1 is 1.35 bits per heavy atom. The highest BCUT2D eigenvalue weighted by molar-refractivity contribution is 9.10. The molecule has 0 fully saturated rings. The lowest BCUT2D eigenvalue weighted by atomic mass is 10.2. The van der Waals surface area contributed by atoms with Crippen molar-refractivity contribution in [2.45, 2.75) is 0 Å². The van der Waals surface area contributed by atoms with Crippen LogP contribution in [0.4, 0.5) is 5.69 Å². The summed E-state index contributed by atoms with van der Waals surface area (Å²) in [7, 11) is 0. The van der Waals surface area contributed by atoms with Crippen LogP contribution in [-0.4, -0.2) is 15.9 Å². The number of aromatic nitrogens is 1. The first kappa shape index (κ1) is 14.9. The van der Waals surface area contributed by atoms with Gasteiger partial charge in [0.2, 0.25) is 0 Å². The fourth-order valence-corrected chi connectivity index (χ4v) is 2.12. The Hall–Kier alpha value is -1.50. The van der Waals surface area contributed by atoms with Gasteiger partial charge >= 0.3 is 0 Å². The molecule has 0 unspecified atom stereocenters. The molecule has 2 rings (SSSR count). The number of pyridine rings is 1. The smallest absolute Gasteiger partial charge is 0.274 e. The molecule has 0 atom stereocenters. The van der Waals surface area contributed by atoms with Gasteiger partial charge in [0.05, 0.1) is 15.2 Å². The van der Waals surface area contributed by atoms with Gasteiger partial charge in [-0.1, -0.05) is 29.9 Å². The van der Waals surface area contributed by atoms with Gasteiger partial charge in [0.25, 0.3) is 5.91 Å². The molecule has 0 aliphatic rings. The van der Waals surface area contributed by atoms with E-state index in [1.807, 2.05) is 0 Å². The predicted octanol–water partition coefficient (Wildman–Crippen LogP) is 3.38.